The van der Waals surface area contributed by atoms with E-state index in [4.69, 9.17) is 0 Å². The number of aliphatic hydroxyl groups is 1. The van der Waals surface area contributed by atoms with Crippen LogP contribution in [0.3, 0.4) is 0 Å². The fraction of sp³-hybridized carbons (Fsp3) is 1.00. The second kappa shape index (κ2) is 4.60. The van der Waals surface area contributed by atoms with E-state index in [1.54, 1.807) is 0 Å². The summed E-state index contributed by atoms with van der Waals surface area (Å²) in [5.74, 6) is 0. The monoisotopic (exact) mass is 200 g/mol. The summed E-state index contributed by atoms with van der Waals surface area (Å²) >= 11 is 0. The minimum Gasteiger partial charge on any atom is -0.390 e. The lowest BCUT2D eigenvalue weighted by molar-refractivity contribution is 0.0506. The summed E-state index contributed by atoms with van der Waals surface area (Å²) < 4.78 is 0. The maximum Gasteiger partial charge on any atom is 0.0603 e. The Morgan fingerprint density at radius 3 is 2.21 bits per heavy atom. The highest BCUT2D eigenvalue weighted by molar-refractivity contribution is 4.82. The van der Waals surface area contributed by atoms with Crippen LogP contribution >= 0.6 is 0 Å². The van der Waals surface area contributed by atoms with E-state index in [0.29, 0.717) is 12.1 Å². The Labute approximate surface area is 87.5 Å². The molecule has 1 aliphatic heterocycles. The Bertz CT molecular complexity index is 167. The van der Waals surface area contributed by atoms with Gasteiger partial charge in [-0.2, -0.15) is 0 Å². The van der Waals surface area contributed by atoms with Gasteiger partial charge in [0.15, 0.2) is 0 Å². The topological polar surface area (TPSA) is 35.5 Å². The van der Waals surface area contributed by atoms with Gasteiger partial charge in [0.1, 0.15) is 0 Å². The van der Waals surface area contributed by atoms with Crippen molar-refractivity contribution in [1.29, 1.82) is 0 Å². The molecule has 0 aliphatic carbocycles. The summed E-state index contributed by atoms with van der Waals surface area (Å²) in [5.41, 5.74) is -0.530. The molecule has 3 nitrogen and oxygen atoms in total. The van der Waals surface area contributed by atoms with Crippen LogP contribution in [0, 0.1) is 0 Å². The lowest BCUT2D eigenvalue weighted by Crippen LogP contribution is -2.54. The van der Waals surface area contributed by atoms with E-state index in [2.05, 4.69) is 24.1 Å². The average Bonchev–Trinajstić information content (AvgIpc) is 1.97. The van der Waals surface area contributed by atoms with Crippen molar-refractivity contribution in [3.8, 4) is 0 Å². The molecule has 1 heterocycles. The van der Waals surface area contributed by atoms with Crippen LogP contribution in [-0.4, -0.2) is 47.3 Å². The standard InChI is InChI=1S/C11H24N2O/c1-9-7-13(8-10(2)12-9)6-5-11(3,4)14/h9-10,12,14H,5-8H2,1-4H3. The smallest absolute Gasteiger partial charge is 0.0603 e. The third-order valence-electron chi connectivity index (χ3n) is 2.67. The van der Waals surface area contributed by atoms with E-state index in [9.17, 15) is 5.11 Å². The van der Waals surface area contributed by atoms with E-state index in [-0.39, 0.29) is 0 Å². The zero-order chi connectivity index (χ0) is 10.8. The molecule has 2 N–H and O–H groups in total. The van der Waals surface area contributed by atoms with Crippen LogP contribution in [0.1, 0.15) is 34.1 Å². The van der Waals surface area contributed by atoms with Gasteiger partial charge in [-0.25, -0.2) is 0 Å². The number of hydrogen-bond acceptors (Lipinski definition) is 3. The Hall–Kier alpha value is -0.120. The molecule has 0 spiro atoms. The van der Waals surface area contributed by atoms with Gasteiger partial charge in [0.2, 0.25) is 0 Å². The minimum atomic E-state index is -0.530. The molecular weight excluding hydrogens is 176 g/mol. The summed E-state index contributed by atoms with van der Waals surface area (Å²) in [6.07, 6.45) is 0.854. The summed E-state index contributed by atoms with van der Waals surface area (Å²) in [6.45, 7) is 11.4. The van der Waals surface area contributed by atoms with Crippen LogP contribution in [-0.2, 0) is 0 Å². The Morgan fingerprint density at radius 1 is 1.29 bits per heavy atom. The lowest BCUT2D eigenvalue weighted by Gasteiger charge is -2.37. The first-order valence-electron chi connectivity index (χ1n) is 5.57. The summed E-state index contributed by atoms with van der Waals surface area (Å²) in [7, 11) is 0. The molecule has 0 aromatic rings. The van der Waals surface area contributed by atoms with Gasteiger partial charge in [-0.3, -0.25) is 0 Å². The normalized spacial score (nSPS) is 30.6. The number of nitrogens with one attached hydrogen (secondary N) is 1. The third kappa shape index (κ3) is 4.40. The third-order valence-corrected chi connectivity index (χ3v) is 2.67. The van der Waals surface area contributed by atoms with Crippen molar-refractivity contribution in [2.75, 3.05) is 19.6 Å². The first-order chi connectivity index (χ1) is 6.37. The van der Waals surface area contributed by atoms with Gasteiger partial charge in [0, 0.05) is 31.7 Å². The van der Waals surface area contributed by atoms with Gasteiger partial charge in [0.25, 0.3) is 0 Å². The molecule has 1 rings (SSSR count). The molecule has 1 fully saturated rings. The van der Waals surface area contributed by atoms with Crippen LogP contribution < -0.4 is 5.32 Å². The highest BCUT2D eigenvalue weighted by Gasteiger charge is 2.22. The van der Waals surface area contributed by atoms with Crippen molar-refractivity contribution in [3.63, 3.8) is 0 Å². The Kier molecular flexibility index (Phi) is 3.93. The molecule has 0 aromatic carbocycles. The largest absolute Gasteiger partial charge is 0.390 e. The van der Waals surface area contributed by atoms with Crippen molar-refractivity contribution >= 4 is 0 Å². The molecule has 2 unspecified atom stereocenters. The SMILES string of the molecule is CC1CN(CCC(C)(C)O)CC(C)N1. The fourth-order valence-electron chi connectivity index (χ4n) is 2.05. The predicted molar refractivity (Wildman–Crippen MR) is 59.4 cm³/mol. The number of hydrogen-bond donors (Lipinski definition) is 2. The minimum absolute atomic E-state index is 0.530. The van der Waals surface area contributed by atoms with E-state index in [1.807, 2.05) is 13.8 Å². The molecule has 1 saturated heterocycles. The quantitative estimate of drug-likeness (QED) is 0.708. The van der Waals surface area contributed by atoms with E-state index < -0.39 is 5.60 Å². The van der Waals surface area contributed by atoms with Crippen molar-refractivity contribution in [2.45, 2.75) is 51.8 Å². The van der Waals surface area contributed by atoms with Gasteiger partial charge in [-0.15, -0.1) is 0 Å². The molecule has 0 bridgehead atoms. The van der Waals surface area contributed by atoms with Crippen molar-refractivity contribution < 1.29 is 5.11 Å². The van der Waals surface area contributed by atoms with E-state index in [0.717, 1.165) is 26.1 Å². The molecule has 0 radical (unpaired) electrons. The highest BCUT2D eigenvalue weighted by Crippen LogP contribution is 2.11. The van der Waals surface area contributed by atoms with Gasteiger partial charge in [-0.1, -0.05) is 0 Å². The molecule has 2 atom stereocenters. The van der Waals surface area contributed by atoms with E-state index in [1.165, 1.54) is 0 Å². The number of rotatable bonds is 3. The van der Waals surface area contributed by atoms with Gasteiger partial charge in [-0.05, 0) is 34.1 Å². The first-order valence-corrected chi connectivity index (χ1v) is 5.57. The lowest BCUT2D eigenvalue weighted by atomic mass is 10.0. The second-order valence-corrected chi connectivity index (χ2v) is 5.29. The van der Waals surface area contributed by atoms with E-state index >= 15 is 0 Å². The highest BCUT2D eigenvalue weighted by atomic mass is 16.3. The molecule has 1 aliphatic rings. The van der Waals surface area contributed by atoms with Crippen LogP contribution in [0.2, 0.25) is 0 Å². The summed E-state index contributed by atoms with van der Waals surface area (Å²) in [4.78, 5) is 2.43. The van der Waals surface area contributed by atoms with Crippen LogP contribution in [0.5, 0.6) is 0 Å². The number of nitrogens with zero attached hydrogens (tertiary/aromatic N) is 1. The van der Waals surface area contributed by atoms with Crippen LogP contribution in [0.25, 0.3) is 0 Å². The fourth-order valence-corrected chi connectivity index (χ4v) is 2.05. The zero-order valence-electron chi connectivity index (χ0n) is 9.88. The first kappa shape index (κ1) is 12.0. The maximum atomic E-state index is 9.64. The molecule has 84 valence electrons. The molecule has 14 heavy (non-hydrogen) atoms. The molecule has 0 saturated carbocycles. The van der Waals surface area contributed by atoms with Crippen molar-refractivity contribution in [2.24, 2.45) is 0 Å². The van der Waals surface area contributed by atoms with Crippen LogP contribution in [0.4, 0.5) is 0 Å². The zero-order valence-corrected chi connectivity index (χ0v) is 9.88. The summed E-state index contributed by atoms with van der Waals surface area (Å²) in [5, 5.41) is 13.1. The molecule has 0 aromatic heterocycles. The molecular formula is C11H24N2O. The molecule has 0 amide bonds. The van der Waals surface area contributed by atoms with Gasteiger partial charge >= 0.3 is 0 Å². The second-order valence-electron chi connectivity index (χ2n) is 5.29. The van der Waals surface area contributed by atoms with Crippen molar-refractivity contribution in [3.05, 3.63) is 0 Å². The average molecular weight is 200 g/mol. The maximum absolute atomic E-state index is 9.64. The predicted octanol–water partition coefficient (Wildman–Crippen LogP) is 0.830. The Balaban J connectivity index is 2.30. The van der Waals surface area contributed by atoms with Crippen molar-refractivity contribution in [1.82, 2.24) is 10.2 Å². The summed E-state index contributed by atoms with van der Waals surface area (Å²) in [6, 6.07) is 1.14. The Morgan fingerprint density at radius 2 is 1.79 bits per heavy atom. The van der Waals surface area contributed by atoms with Gasteiger partial charge < -0.3 is 15.3 Å². The number of piperazine rings is 1. The molecule has 3 heteroatoms. The van der Waals surface area contributed by atoms with Crippen LogP contribution in [0.15, 0.2) is 0 Å². The van der Waals surface area contributed by atoms with Gasteiger partial charge in [0.05, 0.1) is 5.60 Å².